The van der Waals surface area contributed by atoms with Crippen LogP contribution in [0.25, 0.3) is 6.08 Å². The van der Waals surface area contributed by atoms with Gasteiger partial charge >= 0.3 is 0 Å². The van der Waals surface area contributed by atoms with Gasteiger partial charge in [0.25, 0.3) is 0 Å². The van der Waals surface area contributed by atoms with Crippen LogP contribution in [0.1, 0.15) is 5.56 Å². The molecule has 2 N–H and O–H groups in total. The summed E-state index contributed by atoms with van der Waals surface area (Å²) in [5.74, 6) is 3.17. The van der Waals surface area contributed by atoms with Gasteiger partial charge in [-0.2, -0.15) is 0 Å². The Morgan fingerprint density at radius 1 is 1.46 bits per heavy atom. The van der Waals surface area contributed by atoms with Crippen LogP contribution in [0.4, 0.5) is 0 Å². The minimum Gasteiger partial charge on any atom is -0.497 e. The average molecular weight is 173 g/mol. The number of ether oxygens (including phenoxy) is 1. The van der Waals surface area contributed by atoms with Crippen molar-refractivity contribution in [2.45, 2.75) is 0 Å². The zero-order chi connectivity index (χ0) is 9.68. The number of hydrogen-bond acceptors (Lipinski definition) is 2. The molecule has 13 heavy (non-hydrogen) atoms. The van der Waals surface area contributed by atoms with Crippen LogP contribution in [-0.2, 0) is 0 Å². The molecule has 2 heteroatoms. The van der Waals surface area contributed by atoms with E-state index in [9.17, 15) is 0 Å². The lowest BCUT2D eigenvalue weighted by Gasteiger charge is -1.99. The van der Waals surface area contributed by atoms with E-state index in [4.69, 9.17) is 16.9 Å². The minimum absolute atomic E-state index is 0.421. The van der Waals surface area contributed by atoms with Gasteiger partial charge in [0.05, 0.1) is 12.8 Å². The molecular formula is C11H11NO. The second-order valence-corrected chi connectivity index (χ2v) is 2.52. The van der Waals surface area contributed by atoms with Crippen LogP contribution in [0.2, 0.25) is 0 Å². The first kappa shape index (κ1) is 9.21. The number of nitrogens with two attached hydrogens (primary N) is 1. The molecule has 0 saturated carbocycles. The van der Waals surface area contributed by atoms with E-state index in [-0.39, 0.29) is 0 Å². The van der Waals surface area contributed by atoms with Crippen molar-refractivity contribution in [2.24, 2.45) is 5.73 Å². The van der Waals surface area contributed by atoms with Gasteiger partial charge in [0, 0.05) is 0 Å². The lowest BCUT2D eigenvalue weighted by Crippen LogP contribution is -1.92. The summed E-state index contributed by atoms with van der Waals surface area (Å²) in [5.41, 5.74) is 6.86. The van der Waals surface area contributed by atoms with Gasteiger partial charge in [-0.3, -0.25) is 0 Å². The number of benzene rings is 1. The van der Waals surface area contributed by atoms with Crippen molar-refractivity contribution < 1.29 is 4.74 Å². The van der Waals surface area contributed by atoms with Crippen LogP contribution in [0.3, 0.4) is 0 Å². The van der Waals surface area contributed by atoms with Crippen molar-refractivity contribution >= 4 is 6.08 Å². The van der Waals surface area contributed by atoms with E-state index >= 15 is 0 Å². The third kappa shape index (κ3) is 2.57. The molecule has 0 aliphatic carbocycles. The topological polar surface area (TPSA) is 35.2 Å². The SMILES string of the molecule is C#C/C(N)=C\c1ccc(OC)cc1. The molecule has 0 fully saturated rings. The van der Waals surface area contributed by atoms with Gasteiger partial charge in [0.1, 0.15) is 5.75 Å². The molecule has 1 aromatic rings. The maximum atomic E-state index is 5.47. The molecule has 66 valence electrons. The highest BCUT2D eigenvalue weighted by molar-refractivity contribution is 5.57. The molecule has 2 nitrogen and oxygen atoms in total. The molecule has 0 atom stereocenters. The van der Waals surface area contributed by atoms with E-state index in [0.717, 1.165) is 11.3 Å². The predicted octanol–water partition coefficient (Wildman–Crippen LogP) is 1.63. The molecule has 0 amide bonds. The molecule has 0 bridgehead atoms. The highest BCUT2D eigenvalue weighted by Crippen LogP contribution is 2.12. The van der Waals surface area contributed by atoms with E-state index < -0.39 is 0 Å². The van der Waals surface area contributed by atoms with Gasteiger partial charge in [-0.25, -0.2) is 0 Å². The van der Waals surface area contributed by atoms with E-state index in [1.54, 1.807) is 13.2 Å². The van der Waals surface area contributed by atoms with Crippen LogP contribution in [0.5, 0.6) is 5.75 Å². The lowest BCUT2D eigenvalue weighted by atomic mass is 10.2. The van der Waals surface area contributed by atoms with Crippen molar-refractivity contribution in [1.29, 1.82) is 0 Å². The molecule has 1 aromatic carbocycles. The lowest BCUT2D eigenvalue weighted by molar-refractivity contribution is 0.415. The normalized spacial score (nSPS) is 10.6. The summed E-state index contributed by atoms with van der Waals surface area (Å²) in [5, 5.41) is 0. The Morgan fingerprint density at radius 3 is 2.54 bits per heavy atom. The minimum atomic E-state index is 0.421. The summed E-state index contributed by atoms with van der Waals surface area (Å²) in [6.45, 7) is 0. The molecule has 1 rings (SSSR count). The number of allylic oxidation sites excluding steroid dienone is 1. The Morgan fingerprint density at radius 2 is 2.08 bits per heavy atom. The second-order valence-electron chi connectivity index (χ2n) is 2.52. The molecule has 0 aromatic heterocycles. The number of methoxy groups -OCH3 is 1. The van der Waals surface area contributed by atoms with Crippen molar-refractivity contribution in [3.05, 3.63) is 35.5 Å². The van der Waals surface area contributed by atoms with Gasteiger partial charge in [0.2, 0.25) is 0 Å². The summed E-state index contributed by atoms with van der Waals surface area (Å²) in [6, 6.07) is 7.50. The Hall–Kier alpha value is -1.88. The summed E-state index contributed by atoms with van der Waals surface area (Å²) in [4.78, 5) is 0. The first-order chi connectivity index (χ1) is 6.26. The van der Waals surface area contributed by atoms with Gasteiger partial charge in [-0.1, -0.05) is 18.1 Å². The fourth-order valence-corrected chi connectivity index (χ4v) is 0.921. The fourth-order valence-electron chi connectivity index (χ4n) is 0.921. The van der Waals surface area contributed by atoms with Crippen molar-refractivity contribution in [3.63, 3.8) is 0 Å². The number of hydrogen-bond donors (Lipinski definition) is 1. The molecule has 0 spiro atoms. The molecule has 0 radical (unpaired) electrons. The van der Waals surface area contributed by atoms with Gasteiger partial charge in [0.15, 0.2) is 0 Å². The van der Waals surface area contributed by atoms with E-state index in [2.05, 4.69) is 5.92 Å². The monoisotopic (exact) mass is 173 g/mol. The summed E-state index contributed by atoms with van der Waals surface area (Å²) < 4.78 is 5.01. The Bertz CT molecular complexity index is 343. The van der Waals surface area contributed by atoms with Crippen LogP contribution in [-0.4, -0.2) is 7.11 Å². The Balaban J connectivity index is 2.88. The smallest absolute Gasteiger partial charge is 0.118 e. The molecule has 0 saturated heterocycles. The standard InChI is InChI=1S/C11H11NO/c1-3-10(12)8-9-4-6-11(13-2)7-5-9/h1,4-8H,12H2,2H3/b10-8+. The third-order valence-electron chi connectivity index (χ3n) is 1.60. The summed E-state index contributed by atoms with van der Waals surface area (Å²) >= 11 is 0. The average Bonchev–Trinajstić information content (AvgIpc) is 2.19. The van der Waals surface area contributed by atoms with Crippen LogP contribution >= 0.6 is 0 Å². The first-order valence-electron chi connectivity index (χ1n) is 3.84. The molecule has 0 heterocycles. The molecule has 0 aliphatic rings. The maximum absolute atomic E-state index is 5.47. The quantitative estimate of drug-likeness (QED) is 0.690. The number of rotatable bonds is 2. The first-order valence-corrected chi connectivity index (χ1v) is 3.84. The van der Waals surface area contributed by atoms with Crippen LogP contribution < -0.4 is 10.5 Å². The largest absolute Gasteiger partial charge is 0.497 e. The Labute approximate surface area is 78.0 Å². The van der Waals surface area contributed by atoms with Crippen molar-refractivity contribution in [3.8, 4) is 18.1 Å². The van der Waals surface area contributed by atoms with Gasteiger partial charge in [-0.15, -0.1) is 6.42 Å². The third-order valence-corrected chi connectivity index (χ3v) is 1.60. The highest BCUT2D eigenvalue weighted by atomic mass is 16.5. The maximum Gasteiger partial charge on any atom is 0.118 e. The Kier molecular flexibility index (Phi) is 2.99. The van der Waals surface area contributed by atoms with Gasteiger partial charge in [-0.05, 0) is 23.8 Å². The molecule has 0 aliphatic heterocycles. The molecular weight excluding hydrogens is 162 g/mol. The molecule has 0 unspecified atom stereocenters. The second kappa shape index (κ2) is 4.22. The van der Waals surface area contributed by atoms with E-state index in [1.807, 2.05) is 24.3 Å². The van der Waals surface area contributed by atoms with Crippen molar-refractivity contribution in [1.82, 2.24) is 0 Å². The number of terminal acetylenes is 1. The van der Waals surface area contributed by atoms with Crippen LogP contribution in [0, 0.1) is 12.3 Å². The summed E-state index contributed by atoms with van der Waals surface area (Å²) in [6.07, 6.45) is 6.84. The zero-order valence-corrected chi connectivity index (χ0v) is 7.45. The van der Waals surface area contributed by atoms with Gasteiger partial charge < -0.3 is 10.5 Å². The van der Waals surface area contributed by atoms with Crippen molar-refractivity contribution in [2.75, 3.05) is 7.11 Å². The highest BCUT2D eigenvalue weighted by Gasteiger charge is 1.91. The zero-order valence-electron chi connectivity index (χ0n) is 7.45. The van der Waals surface area contributed by atoms with E-state index in [0.29, 0.717) is 5.70 Å². The predicted molar refractivity (Wildman–Crippen MR) is 54.0 cm³/mol. The van der Waals surface area contributed by atoms with Crippen LogP contribution in [0.15, 0.2) is 30.0 Å². The van der Waals surface area contributed by atoms with E-state index in [1.165, 1.54) is 0 Å². The summed E-state index contributed by atoms with van der Waals surface area (Å²) in [7, 11) is 1.63. The fraction of sp³-hybridized carbons (Fsp3) is 0.0909.